The van der Waals surface area contributed by atoms with Gasteiger partial charge in [0.1, 0.15) is 11.6 Å². The van der Waals surface area contributed by atoms with Crippen molar-refractivity contribution >= 4 is 29.1 Å². The molecule has 9 nitrogen and oxygen atoms in total. The van der Waals surface area contributed by atoms with Crippen LogP contribution in [0.3, 0.4) is 0 Å². The number of pyridine rings is 1. The van der Waals surface area contributed by atoms with E-state index in [-0.39, 0.29) is 0 Å². The molecule has 3 heterocycles. The number of para-hydroxylation sites is 1. The Hall–Kier alpha value is -4.11. The number of nitrogens with zero attached hydrogens (tertiary/aromatic N) is 4. The highest BCUT2D eigenvalue weighted by Crippen LogP contribution is 2.41. The van der Waals surface area contributed by atoms with E-state index >= 15 is 0 Å². The average Bonchev–Trinajstić information content (AvgIpc) is 2.89. The average molecular weight is 460 g/mol. The Morgan fingerprint density at radius 2 is 1.79 bits per heavy atom. The summed E-state index contributed by atoms with van der Waals surface area (Å²) in [7, 11) is 1.52. The Bertz CT molecular complexity index is 1210. The fourth-order valence-electron chi connectivity index (χ4n) is 4.50. The molecule has 2 aliphatic rings. The van der Waals surface area contributed by atoms with E-state index in [1.807, 2.05) is 18.2 Å². The summed E-state index contributed by atoms with van der Waals surface area (Å²) in [5, 5.41) is 14.9. The molecule has 2 aromatic carbocycles. The molecule has 34 heavy (non-hydrogen) atoms. The Morgan fingerprint density at radius 3 is 2.53 bits per heavy atom. The zero-order chi connectivity index (χ0) is 23.7. The molecule has 2 aliphatic heterocycles. The van der Waals surface area contributed by atoms with E-state index in [9.17, 15) is 14.7 Å². The molecule has 1 unspecified atom stereocenters. The van der Waals surface area contributed by atoms with Crippen molar-refractivity contribution < 1.29 is 19.4 Å². The second-order valence-corrected chi connectivity index (χ2v) is 8.15. The number of nitrogens with one attached hydrogen (secondary N) is 1. The number of carbonyl (C=O) groups excluding carboxylic acids is 2. The van der Waals surface area contributed by atoms with Gasteiger partial charge >= 0.3 is 6.03 Å². The first kappa shape index (κ1) is 21.7. The Kier molecular flexibility index (Phi) is 5.54. The first-order valence-electron chi connectivity index (χ1n) is 11.0. The van der Waals surface area contributed by atoms with Crippen LogP contribution in [-0.4, -0.2) is 60.2 Å². The highest BCUT2D eigenvalue weighted by Gasteiger charge is 2.53. The van der Waals surface area contributed by atoms with Crippen LogP contribution in [0.15, 0.2) is 72.9 Å². The third-order valence-electron chi connectivity index (χ3n) is 6.22. The monoisotopic (exact) mass is 459 g/mol. The maximum atomic E-state index is 14.0. The van der Waals surface area contributed by atoms with E-state index in [2.05, 4.69) is 15.2 Å². The van der Waals surface area contributed by atoms with E-state index in [0.29, 0.717) is 48.9 Å². The lowest BCUT2D eigenvalue weighted by Gasteiger charge is -2.46. The summed E-state index contributed by atoms with van der Waals surface area (Å²) < 4.78 is 5.30. The second-order valence-electron chi connectivity index (χ2n) is 8.15. The Labute approximate surface area is 197 Å². The molecule has 1 aromatic heterocycles. The van der Waals surface area contributed by atoms with Gasteiger partial charge in [-0.05, 0) is 30.3 Å². The minimum atomic E-state index is -2.22. The molecule has 3 amide bonds. The minimum Gasteiger partial charge on any atom is -0.497 e. The van der Waals surface area contributed by atoms with Crippen LogP contribution >= 0.6 is 0 Å². The molecular formula is C25H25N5O4. The molecule has 9 heteroatoms. The third kappa shape index (κ3) is 3.60. The predicted octanol–water partition coefficient (Wildman–Crippen LogP) is 2.64. The number of methoxy groups -OCH3 is 1. The number of piperazine rings is 1. The molecule has 1 saturated heterocycles. The van der Waals surface area contributed by atoms with Gasteiger partial charge in [-0.2, -0.15) is 0 Å². The number of aliphatic hydroxyl groups is 1. The summed E-state index contributed by atoms with van der Waals surface area (Å²) in [5.74, 6) is 0.787. The normalized spacial score (nSPS) is 19.9. The number of urea groups is 1. The first-order valence-corrected chi connectivity index (χ1v) is 11.0. The molecule has 0 radical (unpaired) electrons. The molecule has 0 bridgehead atoms. The van der Waals surface area contributed by atoms with Crippen LogP contribution in [0.1, 0.15) is 5.56 Å². The van der Waals surface area contributed by atoms with Crippen molar-refractivity contribution in [2.24, 2.45) is 0 Å². The number of benzene rings is 2. The summed E-state index contributed by atoms with van der Waals surface area (Å²) >= 11 is 0. The number of anilines is 3. The van der Waals surface area contributed by atoms with Crippen LogP contribution in [0.5, 0.6) is 5.75 Å². The summed E-state index contributed by atoms with van der Waals surface area (Å²) in [5.41, 5.74) is -1.17. The number of hydrogen-bond acceptors (Lipinski definition) is 6. The maximum Gasteiger partial charge on any atom is 0.329 e. The summed E-state index contributed by atoms with van der Waals surface area (Å²) in [6.45, 7) is 1.89. The molecule has 1 atom stereocenters. The Balaban J connectivity index is 1.50. The summed E-state index contributed by atoms with van der Waals surface area (Å²) in [4.78, 5) is 36.4. The number of rotatable bonds is 4. The van der Waals surface area contributed by atoms with Crippen molar-refractivity contribution in [3.63, 3.8) is 0 Å². The largest absolute Gasteiger partial charge is 0.497 e. The zero-order valence-corrected chi connectivity index (χ0v) is 18.7. The van der Waals surface area contributed by atoms with E-state index in [1.165, 1.54) is 7.11 Å². The van der Waals surface area contributed by atoms with Crippen LogP contribution < -0.4 is 19.9 Å². The van der Waals surface area contributed by atoms with Crippen LogP contribution in [0.4, 0.5) is 22.0 Å². The van der Waals surface area contributed by atoms with Crippen molar-refractivity contribution in [2.75, 3.05) is 48.4 Å². The second kappa shape index (κ2) is 8.68. The lowest BCUT2D eigenvalue weighted by Crippen LogP contribution is -2.65. The quantitative estimate of drug-likeness (QED) is 0.623. The molecule has 0 aliphatic carbocycles. The van der Waals surface area contributed by atoms with Crippen molar-refractivity contribution in [3.05, 3.63) is 78.5 Å². The molecule has 0 spiro atoms. The van der Waals surface area contributed by atoms with Crippen LogP contribution in [0.2, 0.25) is 0 Å². The van der Waals surface area contributed by atoms with Gasteiger partial charge < -0.3 is 25.0 Å². The number of aromatic nitrogens is 1. The smallest absolute Gasteiger partial charge is 0.329 e. The third-order valence-corrected chi connectivity index (χ3v) is 6.22. The fraction of sp³-hybridized carbons (Fsp3) is 0.240. The zero-order valence-electron chi connectivity index (χ0n) is 18.7. The van der Waals surface area contributed by atoms with Gasteiger partial charge in [0.2, 0.25) is 0 Å². The van der Waals surface area contributed by atoms with Crippen molar-refractivity contribution in [1.29, 1.82) is 0 Å². The predicted molar refractivity (Wildman–Crippen MR) is 128 cm³/mol. The van der Waals surface area contributed by atoms with Gasteiger partial charge in [-0.3, -0.25) is 9.69 Å². The van der Waals surface area contributed by atoms with Gasteiger partial charge in [-0.25, -0.2) is 9.78 Å². The number of carbonyl (C=O) groups is 2. The van der Waals surface area contributed by atoms with Crippen LogP contribution in [0.25, 0.3) is 0 Å². The molecule has 174 valence electrons. The maximum absolute atomic E-state index is 14.0. The van der Waals surface area contributed by atoms with E-state index < -0.39 is 17.7 Å². The topological polar surface area (TPSA) is 98.2 Å². The standard InChI is InChI=1S/C25H25N5O4/c1-34-19-8-6-7-18(17-19)30-24(32)27-21-10-3-2-9-20(21)25(30,33)23(31)29-15-13-28(14-16-29)22-11-4-5-12-26-22/h2-12,17,33H,13-16H2,1H3,(H,27,32). The molecule has 0 saturated carbocycles. The van der Waals surface area contributed by atoms with E-state index in [1.54, 1.807) is 59.6 Å². The van der Waals surface area contributed by atoms with Gasteiger partial charge in [0.15, 0.2) is 0 Å². The van der Waals surface area contributed by atoms with Crippen molar-refractivity contribution in [1.82, 2.24) is 9.88 Å². The van der Waals surface area contributed by atoms with Gasteiger partial charge in [-0.1, -0.05) is 30.3 Å². The molecular weight excluding hydrogens is 434 g/mol. The van der Waals surface area contributed by atoms with Gasteiger partial charge in [-0.15, -0.1) is 0 Å². The van der Waals surface area contributed by atoms with Gasteiger partial charge in [0, 0.05) is 44.0 Å². The van der Waals surface area contributed by atoms with Gasteiger partial charge in [0.05, 0.1) is 18.5 Å². The molecule has 5 rings (SSSR count). The Morgan fingerprint density at radius 1 is 1.03 bits per heavy atom. The van der Waals surface area contributed by atoms with Crippen LogP contribution in [-0.2, 0) is 10.5 Å². The number of ether oxygens (including phenoxy) is 1. The number of fused-ring (bicyclic) bond motifs is 1. The van der Waals surface area contributed by atoms with Gasteiger partial charge in [0.25, 0.3) is 11.6 Å². The van der Waals surface area contributed by atoms with E-state index in [4.69, 9.17) is 4.74 Å². The summed E-state index contributed by atoms with van der Waals surface area (Å²) in [6.07, 6.45) is 1.74. The van der Waals surface area contributed by atoms with Crippen molar-refractivity contribution in [2.45, 2.75) is 5.72 Å². The minimum absolute atomic E-state index is 0.314. The first-order chi connectivity index (χ1) is 16.5. The number of hydrogen-bond donors (Lipinski definition) is 2. The lowest BCUT2D eigenvalue weighted by atomic mass is 9.94. The molecule has 3 aromatic rings. The van der Waals surface area contributed by atoms with Crippen LogP contribution in [0, 0.1) is 0 Å². The highest BCUT2D eigenvalue weighted by atomic mass is 16.5. The molecule has 1 fully saturated rings. The summed E-state index contributed by atoms with van der Waals surface area (Å²) in [6, 6.07) is 18.6. The fourth-order valence-corrected chi connectivity index (χ4v) is 4.50. The lowest BCUT2D eigenvalue weighted by molar-refractivity contribution is -0.152. The van der Waals surface area contributed by atoms with Crippen molar-refractivity contribution in [3.8, 4) is 5.75 Å². The van der Waals surface area contributed by atoms with E-state index in [0.717, 1.165) is 10.7 Å². The molecule has 2 N–H and O–H groups in total. The highest BCUT2D eigenvalue weighted by molar-refractivity contribution is 6.12. The SMILES string of the molecule is COc1cccc(N2C(=O)Nc3ccccc3C2(O)C(=O)N2CCN(c3ccccn3)CC2)c1. The number of amides is 3.